The Balaban J connectivity index is 0.00000200. The fraction of sp³-hybridized carbons (Fsp3) is 0.267. The van der Waals surface area contributed by atoms with E-state index in [0.717, 1.165) is 16.3 Å². The maximum absolute atomic E-state index is 11.5. The second-order valence-electron chi connectivity index (χ2n) is 4.34. The molecule has 2 aromatic rings. The molecule has 0 saturated carbocycles. The fourth-order valence-electron chi connectivity index (χ4n) is 2.14. The van der Waals surface area contributed by atoms with Gasteiger partial charge in [-0.25, -0.2) is 0 Å². The first-order valence-electron chi connectivity index (χ1n) is 6.25. The van der Waals surface area contributed by atoms with Gasteiger partial charge >= 0.3 is 5.97 Å². The Morgan fingerprint density at radius 3 is 2.55 bits per heavy atom. The molecule has 0 fully saturated rings. The van der Waals surface area contributed by atoms with Crippen LogP contribution in [0.1, 0.15) is 24.9 Å². The first kappa shape index (κ1) is 16.3. The molecular formula is C15H18ClNO3. The molecular weight excluding hydrogens is 278 g/mol. The van der Waals surface area contributed by atoms with E-state index in [1.54, 1.807) is 19.1 Å². The molecule has 5 heteroatoms. The quantitative estimate of drug-likeness (QED) is 0.851. The van der Waals surface area contributed by atoms with Gasteiger partial charge in [-0.05, 0) is 23.9 Å². The molecule has 3 N–H and O–H groups in total. The molecule has 0 aromatic heterocycles. The van der Waals surface area contributed by atoms with Crippen LogP contribution in [-0.2, 0) is 9.53 Å². The molecule has 0 aliphatic carbocycles. The monoisotopic (exact) mass is 295 g/mol. The Morgan fingerprint density at radius 1 is 1.25 bits per heavy atom. The second-order valence-corrected chi connectivity index (χ2v) is 4.34. The molecule has 0 saturated heterocycles. The van der Waals surface area contributed by atoms with Gasteiger partial charge in [-0.1, -0.05) is 30.3 Å². The van der Waals surface area contributed by atoms with Gasteiger partial charge in [0, 0.05) is 11.4 Å². The lowest BCUT2D eigenvalue weighted by Crippen LogP contribution is -2.17. The van der Waals surface area contributed by atoms with E-state index in [0.29, 0.717) is 6.61 Å². The number of halogens is 1. The van der Waals surface area contributed by atoms with Crippen molar-refractivity contribution in [3.8, 4) is 5.75 Å². The Kier molecular flexibility index (Phi) is 5.80. The molecule has 0 bridgehead atoms. The Morgan fingerprint density at radius 2 is 1.90 bits per heavy atom. The number of rotatable bonds is 4. The number of ether oxygens (including phenoxy) is 1. The number of benzene rings is 2. The zero-order valence-corrected chi connectivity index (χ0v) is 12.0. The summed E-state index contributed by atoms with van der Waals surface area (Å²) in [7, 11) is 0. The zero-order chi connectivity index (χ0) is 13.8. The largest absolute Gasteiger partial charge is 0.507 e. The maximum Gasteiger partial charge on any atom is 0.307 e. The van der Waals surface area contributed by atoms with Gasteiger partial charge < -0.3 is 15.6 Å². The predicted molar refractivity (Wildman–Crippen MR) is 81.0 cm³/mol. The van der Waals surface area contributed by atoms with Crippen LogP contribution in [-0.4, -0.2) is 17.7 Å². The lowest BCUT2D eigenvalue weighted by molar-refractivity contribution is -0.143. The van der Waals surface area contributed by atoms with Crippen molar-refractivity contribution in [2.24, 2.45) is 5.73 Å². The zero-order valence-electron chi connectivity index (χ0n) is 11.2. The van der Waals surface area contributed by atoms with E-state index in [-0.39, 0.29) is 30.5 Å². The molecule has 108 valence electrons. The molecule has 0 aliphatic heterocycles. The van der Waals surface area contributed by atoms with Crippen LogP contribution < -0.4 is 5.73 Å². The first-order valence-corrected chi connectivity index (χ1v) is 6.25. The van der Waals surface area contributed by atoms with E-state index in [4.69, 9.17) is 10.5 Å². The first-order chi connectivity index (χ1) is 9.13. The summed E-state index contributed by atoms with van der Waals surface area (Å²) in [6, 6.07) is 10.3. The van der Waals surface area contributed by atoms with Crippen LogP contribution in [0.2, 0.25) is 0 Å². The number of phenolic OH excluding ortho intramolecular Hbond substituents is 1. The number of fused-ring (bicyclic) bond motifs is 1. The summed E-state index contributed by atoms with van der Waals surface area (Å²) in [5.41, 5.74) is 6.89. The number of aromatic hydroxyl groups is 1. The number of carbonyl (C=O) groups excluding carboxylic acids is 1. The van der Waals surface area contributed by atoms with Crippen molar-refractivity contribution < 1.29 is 14.6 Å². The maximum atomic E-state index is 11.5. The molecule has 2 aromatic carbocycles. The standard InChI is InChI=1S/C15H17NO3.ClH/c1-2-19-15(18)9-13(16)11-7-8-14(17)12-6-4-3-5-10(11)12;/h3-8,13,17H,2,9,16H2,1H3;1H/t13-;/m0./s1. The van der Waals surface area contributed by atoms with Gasteiger partial charge in [-0.3, -0.25) is 4.79 Å². The number of hydrogen-bond donors (Lipinski definition) is 2. The molecule has 4 nitrogen and oxygen atoms in total. The number of nitrogens with two attached hydrogens (primary N) is 1. The number of hydrogen-bond acceptors (Lipinski definition) is 4. The van der Waals surface area contributed by atoms with Crippen LogP contribution in [0.4, 0.5) is 0 Å². The number of esters is 1. The van der Waals surface area contributed by atoms with Crippen LogP contribution in [0.3, 0.4) is 0 Å². The van der Waals surface area contributed by atoms with Crippen LogP contribution in [0.5, 0.6) is 5.75 Å². The minimum atomic E-state index is -0.440. The second kappa shape index (κ2) is 7.12. The topological polar surface area (TPSA) is 72.5 Å². The van der Waals surface area contributed by atoms with E-state index in [2.05, 4.69) is 0 Å². The van der Waals surface area contributed by atoms with Gasteiger partial charge in [0.15, 0.2) is 0 Å². The minimum absolute atomic E-state index is 0. The summed E-state index contributed by atoms with van der Waals surface area (Å²) in [4.78, 5) is 11.5. The molecule has 0 amide bonds. The summed E-state index contributed by atoms with van der Waals surface area (Å²) >= 11 is 0. The van der Waals surface area contributed by atoms with Crippen molar-refractivity contribution in [3.63, 3.8) is 0 Å². The normalized spacial score (nSPS) is 11.7. The van der Waals surface area contributed by atoms with Gasteiger partial charge in [-0.15, -0.1) is 12.4 Å². The SMILES string of the molecule is CCOC(=O)C[C@H](N)c1ccc(O)c2ccccc12.Cl. The summed E-state index contributed by atoms with van der Waals surface area (Å²) < 4.78 is 4.90. The van der Waals surface area contributed by atoms with E-state index >= 15 is 0 Å². The summed E-state index contributed by atoms with van der Waals surface area (Å²) in [5.74, 6) is -0.102. The fourth-order valence-corrected chi connectivity index (χ4v) is 2.14. The summed E-state index contributed by atoms with van der Waals surface area (Å²) in [6.45, 7) is 2.11. The van der Waals surface area contributed by atoms with Crippen molar-refractivity contribution in [2.75, 3.05) is 6.61 Å². The summed E-state index contributed by atoms with van der Waals surface area (Å²) in [6.07, 6.45) is 0.128. The van der Waals surface area contributed by atoms with Gasteiger partial charge in [0.2, 0.25) is 0 Å². The van der Waals surface area contributed by atoms with Gasteiger partial charge in [0.25, 0.3) is 0 Å². The van der Waals surface area contributed by atoms with E-state index in [1.165, 1.54) is 0 Å². The minimum Gasteiger partial charge on any atom is -0.507 e. The highest BCUT2D eigenvalue weighted by Gasteiger charge is 2.15. The molecule has 0 heterocycles. The molecule has 0 spiro atoms. The highest BCUT2D eigenvalue weighted by atomic mass is 35.5. The average Bonchev–Trinajstić information content (AvgIpc) is 2.39. The Hall–Kier alpha value is -1.78. The van der Waals surface area contributed by atoms with Gasteiger partial charge in [0.05, 0.1) is 13.0 Å². The van der Waals surface area contributed by atoms with Gasteiger partial charge in [-0.2, -0.15) is 0 Å². The molecule has 2 rings (SSSR count). The molecule has 1 atom stereocenters. The Labute approximate surface area is 124 Å². The van der Waals surface area contributed by atoms with Crippen molar-refractivity contribution in [1.29, 1.82) is 0 Å². The molecule has 0 unspecified atom stereocenters. The van der Waals surface area contributed by atoms with Crippen molar-refractivity contribution in [2.45, 2.75) is 19.4 Å². The van der Waals surface area contributed by atoms with E-state index < -0.39 is 6.04 Å². The highest BCUT2D eigenvalue weighted by Crippen LogP contribution is 2.31. The molecule has 0 aliphatic rings. The third-order valence-electron chi connectivity index (χ3n) is 3.03. The van der Waals surface area contributed by atoms with Crippen LogP contribution in [0.25, 0.3) is 10.8 Å². The number of carbonyl (C=O) groups is 1. The van der Waals surface area contributed by atoms with Crippen LogP contribution in [0, 0.1) is 0 Å². The van der Waals surface area contributed by atoms with Crippen LogP contribution >= 0.6 is 12.4 Å². The third-order valence-corrected chi connectivity index (χ3v) is 3.03. The Bertz CT molecular complexity index is 601. The van der Waals surface area contributed by atoms with E-state index in [9.17, 15) is 9.90 Å². The van der Waals surface area contributed by atoms with E-state index in [1.807, 2.05) is 24.3 Å². The smallest absolute Gasteiger partial charge is 0.307 e. The predicted octanol–water partition coefficient (Wildman–Crippen LogP) is 2.92. The van der Waals surface area contributed by atoms with Crippen molar-refractivity contribution in [3.05, 3.63) is 42.0 Å². The van der Waals surface area contributed by atoms with Crippen molar-refractivity contribution >= 4 is 29.1 Å². The molecule has 0 radical (unpaired) electrons. The van der Waals surface area contributed by atoms with Crippen LogP contribution in [0.15, 0.2) is 36.4 Å². The third kappa shape index (κ3) is 3.40. The molecule has 20 heavy (non-hydrogen) atoms. The van der Waals surface area contributed by atoms with Crippen molar-refractivity contribution in [1.82, 2.24) is 0 Å². The number of phenols is 1. The lowest BCUT2D eigenvalue weighted by Gasteiger charge is -2.14. The summed E-state index contributed by atoms with van der Waals surface area (Å²) in [5, 5.41) is 11.4. The van der Waals surface area contributed by atoms with Gasteiger partial charge in [0.1, 0.15) is 5.75 Å². The highest BCUT2D eigenvalue weighted by molar-refractivity contribution is 5.91. The average molecular weight is 296 g/mol. The lowest BCUT2D eigenvalue weighted by atomic mass is 9.97.